The van der Waals surface area contributed by atoms with Crippen LogP contribution in [0.25, 0.3) is 6.08 Å². The van der Waals surface area contributed by atoms with Crippen LogP contribution < -0.4 is 0 Å². The SMILES string of the molecule is COC(=O)c1n[nH]c2c1C=CC(c1ccccc1)(c1ccc(F)c(F)c1)C2. The molecule has 1 aromatic heterocycles. The number of hydrogen-bond acceptors (Lipinski definition) is 3. The van der Waals surface area contributed by atoms with Crippen molar-refractivity contribution in [1.29, 1.82) is 0 Å². The van der Waals surface area contributed by atoms with E-state index in [1.54, 1.807) is 12.1 Å². The topological polar surface area (TPSA) is 55.0 Å². The molecular formula is C21H16F2N2O2. The Bertz CT molecular complexity index is 1040. The lowest BCUT2D eigenvalue weighted by Gasteiger charge is -2.34. The molecule has 0 bridgehead atoms. The largest absolute Gasteiger partial charge is 0.464 e. The van der Waals surface area contributed by atoms with E-state index in [4.69, 9.17) is 4.74 Å². The van der Waals surface area contributed by atoms with Crippen LogP contribution >= 0.6 is 0 Å². The first-order valence-electron chi connectivity index (χ1n) is 8.41. The molecule has 0 aliphatic heterocycles. The fraction of sp³-hybridized carbons (Fsp3) is 0.143. The molecule has 27 heavy (non-hydrogen) atoms. The number of rotatable bonds is 3. The maximum absolute atomic E-state index is 14.0. The van der Waals surface area contributed by atoms with Gasteiger partial charge in [-0.25, -0.2) is 13.6 Å². The van der Waals surface area contributed by atoms with E-state index >= 15 is 0 Å². The molecule has 3 aromatic rings. The summed E-state index contributed by atoms with van der Waals surface area (Å²) in [4.78, 5) is 11.9. The lowest BCUT2D eigenvalue weighted by Crippen LogP contribution is -2.31. The zero-order chi connectivity index (χ0) is 19.0. The molecule has 136 valence electrons. The van der Waals surface area contributed by atoms with Crippen molar-refractivity contribution in [3.05, 3.63) is 94.3 Å². The number of aromatic amines is 1. The monoisotopic (exact) mass is 366 g/mol. The summed E-state index contributed by atoms with van der Waals surface area (Å²) < 4.78 is 32.3. The molecule has 0 spiro atoms. The third kappa shape index (κ3) is 2.73. The summed E-state index contributed by atoms with van der Waals surface area (Å²) in [5, 5.41) is 6.96. The van der Waals surface area contributed by atoms with Gasteiger partial charge in [0.15, 0.2) is 17.3 Å². The van der Waals surface area contributed by atoms with Crippen molar-refractivity contribution in [1.82, 2.24) is 10.2 Å². The van der Waals surface area contributed by atoms with Gasteiger partial charge in [-0.15, -0.1) is 0 Å². The summed E-state index contributed by atoms with van der Waals surface area (Å²) >= 11 is 0. The molecule has 0 saturated carbocycles. The van der Waals surface area contributed by atoms with Crippen molar-refractivity contribution >= 4 is 12.0 Å². The summed E-state index contributed by atoms with van der Waals surface area (Å²) in [6, 6.07) is 13.5. The maximum atomic E-state index is 14.0. The average molecular weight is 366 g/mol. The molecule has 0 fully saturated rings. The number of aromatic nitrogens is 2. The van der Waals surface area contributed by atoms with Gasteiger partial charge in [0.05, 0.1) is 7.11 Å². The zero-order valence-corrected chi connectivity index (χ0v) is 14.5. The van der Waals surface area contributed by atoms with Gasteiger partial charge in [-0.2, -0.15) is 5.10 Å². The number of esters is 1. The van der Waals surface area contributed by atoms with E-state index in [9.17, 15) is 13.6 Å². The van der Waals surface area contributed by atoms with Crippen molar-refractivity contribution < 1.29 is 18.3 Å². The highest BCUT2D eigenvalue weighted by Crippen LogP contribution is 2.42. The number of benzene rings is 2. The number of hydrogen-bond donors (Lipinski definition) is 1. The zero-order valence-electron chi connectivity index (χ0n) is 14.5. The van der Waals surface area contributed by atoms with E-state index in [0.717, 1.165) is 17.3 Å². The van der Waals surface area contributed by atoms with Crippen LogP contribution in [0.3, 0.4) is 0 Å². The molecule has 2 aromatic carbocycles. The third-order valence-corrected chi connectivity index (χ3v) is 4.98. The first-order chi connectivity index (χ1) is 13.0. The van der Waals surface area contributed by atoms with Crippen molar-refractivity contribution in [2.24, 2.45) is 0 Å². The van der Waals surface area contributed by atoms with Crippen LogP contribution in [0.15, 0.2) is 54.6 Å². The minimum atomic E-state index is -0.901. The lowest BCUT2D eigenvalue weighted by molar-refractivity contribution is 0.0593. The molecule has 6 heteroatoms. The van der Waals surface area contributed by atoms with Crippen molar-refractivity contribution in [2.45, 2.75) is 11.8 Å². The third-order valence-electron chi connectivity index (χ3n) is 4.98. The highest BCUT2D eigenvalue weighted by Gasteiger charge is 2.37. The summed E-state index contributed by atoms with van der Waals surface area (Å²) in [7, 11) is 1.30. The molecule has 1 aliphatic carbocycles. The number of allylic oxidation sites excluding steroid dienone is 1. The Morgan fingerprint density at radius 2 is 1.89 bits per heavy atom. The quantitative estimate of drug-likeness (QED) is 0.712. The summed E-state index contributed by atoms with van der Waals surface area (Å²) in [5.74, 6) is -2.32. The van der Waals surface area contributed by atoms with E-state index in [0.29, 0.717) is 17.5 Å². The van der Waals surface area contributed by atoms with Crippen LogP contribution in [0.5, 0.6) is 0 Å². The highest BCUT2D eigenvalue weighted by atomic mass is 19.2. The Morgan fingerprint density at radius 3 is 2.59 bits per heavy atom. The van der Waals surface area contributed by atoms with E-state index in [1.807, 2.05) is 36.4 Å². The fourth-order valence-corrected chi connectivity index (χ4v) is 3.59. The molecule has 4 nitrogen and oxygen atoms in total. The number of H-pyrrole nitrogens is 1. The predicted molar refractivity (Wildman–Crippen MR) is 96.2 cm³/mol. The Labute approximate surface area is 154 Å². The van der Waals surface area contributed by atoms with Gasteiger partial charge in [-0.3, -0.25) is 5.10 Å². The van der Waals surface area contributed by atoms with Crippen LogP contribution in [0.2, 0.25) is 0 Å². The second-order valence-corrected chi connectivity index (χ2v) is 6.43. The molecular weight excluding hydrogens is 350 g/mol. The Kier molecular flexibility index (Phi) is 4.11. The predicted octanol–water partition coefficient (Wildman–Crippen LogP) is 4.03. The van der Waals surface area contributed by atoms with Crippen LogP contribution in [-0.2, 0) is 16.6 Å². The Morgan fingerprint density at radius 1 is 1.11 bits per heavy atom. The van der Waals surface area contributed by atoms with Crippen LogP contribution in [-0.4, -0.2) is 23.3 Å². The molecule has 1 aliphatic rings. The number of fused-ring (bicyclic) bond motifs is 1. The van der Waals surface area contributed by atoms with Gasteiger partial charge in [0.25, 0.3) is 0 Å². The minimum absolute atomic E-state index is 0.204. The lowest BCUT2D eigenvalue weighted by atomic mass is 9.68. The minimum Gasteiger partial charge on any atom is -0.464 e. The number of carbonyl (C=O) groups is 1. The van der Waals surface area contributed by atoms with Crippen LogP contribution in [0.4, 0.5) is 8.78 Å². The van der Waals surface area contributed by atoms with Gasteiger partial charge in [-0.05, 0) is 23.3 Å². The van der Waals surface area contributed by atoms with Gasteiger partial charge in [0.2, 0.25) is 0 Å². The smallest absolute Gasteiger partial charge is 0.359 e. The molecule has 4 rings (SSSR count). The Hall–Kier alpha value is -3.28. The normalized spacial score (nSPS) is 18.2. The van der Waals surface area contributed by atoms with Crippen molar-refractivity contribution in [3.63, 3.8) is 0 Å². The first-order valence-corrected chi connectivity index (χ1v) is 8.41. The van der Waals surface area contributed by atoms with Gasteiger partial charge >= 0.3 is 5.97 Å². The number of nitrogens with one attached hydrogen (secondary N) is 1. The average Bonchev–Trinajstić information content (AvgIpc) is 3.13. The van der Waals surface area contributed by atoms with E-state index in [1.165, 1.54) is 13.2 Å². The van der Waals surface area contributed by atoms with Crippen molar-refractivity contribution in [2.75, 3.05) is 7.11 Å². The molecule has 0 radical (unpaired) electrons. The summed E-state index contributed by atoms with van der Waals surface area (Å²) in [6.07, 6.45) is 4.10. The number of methoxy groups -OCH3 is 1. The second kappa shape index (κ2) is 6.46. The molecule has 1 heterocycles. The fourth-order valence-electron chi connectivity index (χ4n) is 3.59. The number of ether oxygens (including phenoxy) is 1. The van der Waals surface area contributed by atoms with Gasteiger partial charge in [0.1, 0.15) is 0 Å². The number of carbonyl (C=O) groups excluding carboxylic acids is 1. The molecule has 0 saturated heterocycles. The first kappa shape index (κ1) is 17.1. The van der Waals surface area contributed by atoms with Crippen molar-refractivity contribution in [3.8, 4) is 0 Å². The van der Waals surface area contributed by atoms with Crippen LogP contribution in [0.1, 0.15) is 32.9 Å². The number of nitrogens with zero attached hydrogens (tertiary/aromatic N) is 1. The molecule has 1 N–H and O–H groups in total. The highest BCUT2D eigenvalue weighted by molar-refractivity contribution is 5.92. The second-order valence-electron chi connectivity index (χ2n) is 6.43. The maximum Gasteiger partial charge on any atom is 0.359 e. The molecule has 0 amide bonds. The van der Waals surface area contributed by atoms with E-state index in [-0.39, 0.29) is 5.69 Å². The van der Waals surface area contributed by atoms with Crippen LogP contribution in [0, 0.1) is 11.6 Å². The molecule has 1 unspecified atom stereocenters. The number of halogens is 2. The summed E-state index contributed by atoms with van der Waals surface area (Å²) in [6.45, 7) is 0. The molecule has 1 atom stereocenters. The Balaban J connectivity index is 1.89. The van der Waals surface area contributed by atoms with Gasteiger partial charge in [0, 0.05) is 23.1 Å². The van der Waals surface area contributed by atoms with Gasteiger partial charge < -0.3 is 4.74 Å². The summed E-state index contributed by atoms with van der Waals surface area (Å²) in [5.41, 5.74) is 2.40. The standard InChI is InChI=1S/C21H16F2N2O2/c1-27-20(26)19-15-9-10-21(12-18(15)24-25-19,13-5-3-2-4-6-13)14-7-8-16(22)17(23)11-14/h2-11H,12H2,1H3,(H,24,25). The van der Waals surface area contributed by atoms with E-state index in [2.05, 4.69) is 10.2 Å². The van der Waals surface area contributed by atoms with Gasteiger partial charge in [-0.1, -0.05) is 48.6 Å². The van der Waals surface area contributed by atoms with E-state index < -0.39 is 23.0 Å².